The number of hydrogen-bond acceptors (Lipinski definition) is 6. The number of piperidine rings is 1. The molecule has 0 bridgehead atoms. The highest BCUT2D eigenvalue weighted by atomic mass is 16.6. The SMILES string of the molecule is Cc1c(N2C[C@@H](C)C[C@H](NC(=O)OC(C)(C)C)C2)c(O)cn2c(=O)c(C(=O)O)cc(C3CC3)c12. The monoisotopic (exact) mass is 471 g/mol. The van der Waals surface area contributed by atoms with E-state index in [0.717, 1.165) is 30.4 Å². The number of nitrogens with one attached hydrogen (secondary N) is 1. The Morgan fingerprint density at radius 1 is 1.21 bits per heavy atom. The Morgan fingerprint density at radius 3 is 2.47 bits per heavy atom. The van der Waals surface area contributed by atoms with Crippen molar-refractivity contribution in [1.29, 1.82) is 0 Å². The lowest BCUT2D eigenvalue weighted by atomic mass is 9.94. The second-order valence-electron chi connectivity index (χ2n) is 10.7. The Morgan fingerprint density at radius 2 is 1.88 bits per heavy atom. The van der Waals surface area contributed by atoms with Crippen LogP contribution < -0.4 is 15.8 Å². The van der Waals surface area contributed by atoms with Gasteiger partial charge in [-0.15, -0.1) is 0 Å². The van der Waals surface area contributed by atoms with Crippen LogP contribution in [0.3, 0.4) is 0 Å². The number of rotatable bonds is 4. The number of carbonyl (C=O) groups excluding carboxylic acids is 1. The van der Waals surface area contributed by atoms with Gasteiger partial charge in [0.2, 0.25) is 0 Å². The molecule has 4 rings (SSSR count). The summed E-state index contributed by atoms with van der Waals surface area (Å²) < 4.78 is 6.68. The van der Waals surface area contributed by atoms with Gasteiger partial charge in [0.25, 0.3) is 5.56 Å². The number of hydrogen-bond donors (Lipinski definition) is 3. The molecule has 1 aliphatic heterocycles. The van der Waals surface area contributed by atoms with Crippen molar-refractivity contribution in [1.82, 2.24) is 9.72 Å². The van der Waals surface area contributed by atoms with Gasteiger partial charge in [0.1, 0.15) is 11.2 Å². The number of fused-ring (bicyclic) bond motifs is 1. The number of aryl methyl sites for hydroxylation is 1. The van der Waals surface area contributed by atoms with Crippen molar-refractivity contribution in [3.05, 3.63) is 39.3 Å². The van der Waals surface area contributed by atoms with Crippen molar-refractivity contribution in [2.45, 2.75) is 71.4 Å². The Balaban J connectivity index is 1.74. The first kappa shape index (κ1) is 23.9. The van der Waals surface area contributed by atoms with Crippen molar-refractivity contribution in [3.63, 3.8) is 0 Å². The first-order valence-electron chi connectivity index (χ1n) is 11.7. The number of ether oxygens (including phenoxy) is 1. The fourth-order valence-corrected chi connectivity index (χ4v) is 5.03. The highest BCUT2D eigenvalue weighted by Crippen LogP contribution is 2.45. The fraction of sp³-hybridized carbons (Fsp3) is 0.560. The summed E-state index contributed by atoms with van der Waals surface area (Å²) in [5.74, 6) is -0.931. The minimum Gasteiger partial charge on any atom is -0.504 e. The lowest BCUT2D eigenvalue weighted by Crippen LogP contribution is -2.51. The maximum atomic E-state index is 12.9. The zero-order valence-corrected chi connectivity index (χ0v) is 20.3. The summed E-state index contributed by atoms with van der Waals surface area (Å²) in [6.45, 7) is 10.5. The first-order valence-corrected chi connectivity index (χ1v) is 11.7. The fourth-order valence-electron chi connectivity index (χ4n) is 5.03. The molecule has 1 saturated carbocycles. The molecule has 184 valence electrons. The van der Waals surface area contributed by atoms with Gasteiger partial charge in [0, 0.05) is 24.7 Å². The van der Waals surface area contributed by atoms with E-state index in [2.05, 4.69) is 12.2 Å². The summed E-state index contributed by atoms with van der Waals surface area (Å²) in [5, 5.41) is 23.5. The second kappa shape index (κ2) is 8.52. The standard InChI is InChI=1S/C25H33N3O6/c1-13-8-16(26-24(33)34-25(3,4)5)11-27(10-13)21-14(2)20-17(15-6-7-15)9-18(23(31)32)22(30)28(20)12-19(21)29/h9,12-13,15-16,29H,6-8,10-11H2,1-5H3,(H,26,33)(H,31,32)/t13-,16-/m0/s1. The number of aromatic hydroxyl groups is 1. The van der Waals surface area contributed by atoms with Gasteiger partial charge in [-0.05, 0) is 70.4 Å². The molecule has 1 aliphatic carbocycles. The quantitative estimate of drug-likeness (QED) is 0.623. The molecule has 3 N–H and O–H groups in total. The van der Waals surface area contributed by atoms with Gasteiger partial charge < -0.3 is 25.2 Å². The molecule has 34 heavy (non-hydrogen) atoms. The number of aromatic nitrogens is 1. The molecule has 0 unspecified atom stereocenters. The molecule has 0 radical (unpaired) electrons. The van der Waals surface area contributed by atoms with E-state index in [9.17, 15) is 24.6 Å². The molecule has 2 aromatic rings. The number of amides is 1. The van der Waals surface area contributed by atoms with Crippen LogP contribution in [-0.2, 0) is 4.74 Å². The van der Waals surface area contributed by atoms with Gasteiger partial charge in [0.15, 0.2) is 5.75 Å². The molecule has 2 aromatic heterocycles. The van der Waals surface area contributed by atoms with E-state index in [1.54, 1.807) is 0 Å². The van der Waals surface area contributed by atoms with Crippen LogP contribution >= 0.6 is 0 Å². The maximum Gasteiger partial charge on any atom is 0.407 e. The van der Waals surface area contributed by atoms with E-state index < -0.39 is 23.2 Å². The summed E-state index contributed by atoms with van der Waals surface area (Å²) in [6.07, 6.45) is 3.50. The van der Waals surface area contributed by atoms with Gasteiger partial charge in [-0.1, -0.05) is 6.92 Å². The molecule has 1 saturated heterocycles. The molecule has 1 amide bonds. The second-order valence-corrected chi connectivity index (χ2v) is 10.7. The zero-order chi connectivity index (χ0) is 24.9. The molecule has 2 fully saturated rings. The van der Waals surface area contributed by atoms with Crippen molar-refractivity contribution in [2.75, 3.05) is 18.0 Å². The summed E-state index contributed by atoms with van der Waals surface area (Å²) in [6, 6.07) is 1.32. The lowest BCUT2D eigenvalue weighted by Gasteiger charge is -2.39. The van der Waals surface area contributed by atoms with Crippen LogP contribution in [0.5, 0.6) is 5.75 Å². The Bertz CT molecular complexity index is 1210. The Labute approximate surface area is 198 Å². The number of carbonyl (C=O) groups is 2. The van der Waals surface area contributed by atoms with Gasteiger partial charge in [0.05, 0.1) is 17.4 Å². The number of pyridine rings is 2. The molecular weight excluding hydrogens is 438 g/mol. The molecular formula is C25H33N3O6. The normalized spacial score (nSPS) is 20.9. The predicted octanol–water partition coefficient (Wildman–Crippen LogP) is 3.63. The number of anilines is 1. The van der Waals surface area contributed by atoms with Crippen LogP contribution in [0.15, 0.2) is 17.1 Å². The third-order valence-corrected chi connectivity index (χ3v) is 6.41. The van der Waals surface area contributed by atoms with E-state index in [-0.39, 0.29) is 29.2 Å². The van der Waals surface area contributed by atoms with E-state index in [1.807, 2.05) is 32.6 Å². The third kappa shape index (κ3) is 4.69. The summed E-state index contributed by atoms with van der Waals surface area (Å²) >= 11 is 0. The van der Waals surface area contributed by atoms with Crippen molar-refractivity contribution >= 4 is 23.3 Å². The minimum absolute atomic E-state index is 0.0958. The average molecular weight is 472 g/mol. The van der Waals surface area contributed by atoms with Crippen LogP contribution in [0.2, 0.25) is 0 Å². The van der Waals surface area contributed by atoms with Crippen molar-refractivity contribution < 1.29 is 24.5 Å². The van der Waals surface area contributed by atoms with Gasteiger partial charge in [-0.2, -0.15) is 0 Å². The lowest BCUT2D eigenvalue weighted by molar-refractivity contribution is 0.0494. The maximum absolute atomic E-state index is 12.9. The summed E-state index contributed by atoms with van der Waals surface area (Å²) in [7, 11) is 0. The number of carboxylic acid groups (broad SMARTS) is 1. The zero-order valence-electron chi connectivity index (χ0n) is 20.3. The summed E-state index contributed by atoms with van der Waals surface area (Å²) in [5.41, 5.74) is 1.25. The predicted molar refractivity (Wildman–Crippen MR) is 128 cm³/mol. The molecule has 9 heteroatoms. The number of carboxylic acids is 1. The van der Waals surface area contributed by atoms with E-state index in [4.69, 9.17) is 4.74 Å². The van der Waals surface area contributed by atoms with Crippen LogP contribution in [0, 0.1) is 12.8 Å². The summed E-state index contributed by atoms with van der Waals surface area (Å²) in [4.78, 5) is 38.9. The molecule has 2 atom stereocenters. The van der Waals surface area contributed by atoms with Crippen molar-refractivity contribution in [2.24, 2.45) is 5.92 Å². The van der Waals surface area contributed by atoms with Gasteiger partial charge >= 0.3 is 12.1 Å². The Kier molecular flexibility index (Phi) is 5.99. The van der Waals surface area contributed by atoms with Crippen LogP contribution in [0.1, 0.15) is 74.4 Å². The van der Waals surface area contributed by atoms with Gasteiger partial charge in [-0.3, -0.25) is 9.20 Å². The topological polar surface area (TPSA) is 121 Å². The van der Waals surface area contributed by atoms with Crippen molar-refractivity contribution in [3.8, 4) is 5.75 Å². The molecule has 0 aromatic carbocycles. The molecule has 3 heterocycles. The minimum atomic E-state index is -1.27. The number of alkyl carbamates (subject to hydrolysis) is 1. The largest absolute Gasteiger partial charge is 0.504 e. The smallest absolute Gasteiger partial charge is 0.407 e. The Hall–Kier alpha value is -3.23. The third-order valence-electron chi connectivity index (χ3n) is 6.41. The first-order chi connectivity index (χ1) is 15.9. The molecule has 2 aliphatic rings. The van der Waals surface area contributed by atoms with Crippen LogP contribution in [0.25, 0.3) is 5.52 Å². The molecule has 0 spiro atoms. The number of aromatic carboxylic acids is 1. The van der Waals surface area contributed by atoms with Crippen LogP contribution in [-0.4, -0.2) is 51.4 Å². The van der Waals surface area contributed by atoms with Gasteiger partial charge in [-0.25, -0.2) is 9.59 Å². The molecule has 9 nitrogen and oxygen atoms in total. The van der Waals surface area contributed by atoms with E-state index >= 15 is 0 Å². The average Bonchev–Trinajstić information content (AvgIpc) is 3.51. The van der Waals surface area contributed by atoms with E-state index in [0.29, 0.717) is 24.3 Å². The highest BCUT2D eigenvalue weighted by Gasteiger charge is 2.33. The number of nitrogens with zero attached hydrogens (tertiary/aromatic N) is 2. The highest BCUT2D eigenvalue weighted by molar-refractivity contribution is 5.89. The van der Waals surface area contributed by atoms with Crippen LogP contribution in [0.4, 0.5) is 10.5 Å². The van der Waals surface area contributed by atoms with E-state index in [1.165, 1.54) is 16.7 Å².